The maximum Gasteiger partial charge on any atom is 0.237 e. The number of nitrogens with one attached hydrogen (secondary N) is 1. The maximum absolute atomic E-state index is 12.5. The van der Waals surface area contributed by atoms with Gasteiger partial charge >= 0.3 is 0 Å². The monoisotopic (exact) mass is 416 g/mol. The van der Waals surface area contributed by atoms with Gasteiger partial charge in [-0.1, -0.05) is 50.3 Å². The highest BCUT2D eigenvalue weighted by Crippen LogP contribution is 2.37. The molecule has 1 aliphatic rings. The molecule has 0 spiro atoms. The normalized spacial score (nSPS) is 23.4. The Bertz CT molecular complexity index is 641. The number of hydrogen-bond acceptors (Lipinski definition) is 4. The van der Waals surface area contributed by atoms with Crippen LogP contribution in [0.1, 0.15) is 70.3 Å². The third kappa shape index (κ3) is 7.53. The highest BCUT2D eigenvalue weighted by molar-refractivity contribution is 5.82. The smallest absolute Gasteiger partial charge is 0.237 e. The van der Waals surface area contributed by atoms with E-state index in [1.54, 1.807) is 6.08 Å². The molecule has 168 valence electrons. The van der Waals surface area contributed by atoms with Crippen LogP contribution in [-0.2, 0) is 4.79 Å². The van der Waals surface area contributed by atoms with E-state index in [0.29, 0.717) is 31.1 Å². The van der Waals surface area contributed by atoms with Crippen molar-refractivity contribution in [1.29, 1.82) is 0 Å². The second-order valence-corrected chi connectivity index (χ2v) is 9.30. The molecule has 5 nitrogen and oxygen atoms in total. The Morgan fingerprint density at radius 3 is 2.40 bits per heavy atom. The molecule has 1 saturated carbocycles. The number of benzene rings is 1. The molecule has 0 bridgehead atoms. The van der Waals surface area contributed by atoms with Gasteiger partial charge in [-0.2, -0.15) is 0 Å². The van der Waals surface area contributed by atoms with Crippen LogP contribution in [0.3, 0.4) is 0 Å². The van der Waals surface area contributed by atoms with Crippen LogP contribution in [0.15, 0.2) is 43.0 Å². The molecule has 0 unspecified atom stereocenters. The molecule has 1 aliphatic carbocycles. The summed E-state index contributed by atoms with van der Waals surface area (Å²) >= 11 is 0. The summed E-state index contributed by atoms with van der Waals surface area (Å²) in [4.78, 5) is 12.5. The summed E-state index contributed by atoms with van der Waals surface area (Å²) < 4.78 is 0. The van der Waals surface area contributed by atoms with Crippen LogP contribution in [-0.4, -0.2) is 40.4 Å². The first-order chi connectivity index (χ1) is 14.3. The van der Waals surface area contributed by atoms with E-state index in [9.17, 15) is 15.0 Å². The van der Waals surface area contributed by atoms with E-state index in [1.807, 2.05) is 19.9 Å². The van der Waals surface area contributed by atoms with Crippen molar-refractivity contribution in [3.63, 3.8) is 0 Å². The van der Waals surface area contributed by atoms with Gasteiger partial charge in [0.05, 0.1) is 18.2 Å². The number of hydrogen-bond donors (Lipinski definition) is 4. The molecule has 1 fully saturated rings. The van der Waals surface area contributed by atoms with Gasteiger partial charge in [0.1, 0.15) is 6.10 Å². The Hall–Kier alpha value is -1.69. The van der Waals surface area contributed by atoms with Crippen LogP contribution in [0.5, 0.6) is 0 Å². The molecular weight excluding hydrogens is 376 g/mol. The third-order valence-corrected chi connectivity index (χ3v) is 6.31. The Morgan fingerprint density at radius 2 is 1.83 bits per heavy atom. The summed E-state index contributed by atoms with van der Waals surface area (Å²) in [7, 11) is 0. The first-order valence-corrected chi connectivity index (χ1v) is 11.4. The van der Waals surface area contributed by atoms with Crippen molar-refractivity contribution in [2.24, 2.45) is 17.6 Å². The summed E-state index contributed by atoms with van der Waals surface area (Å²) in [6.45, 7) is 7.65. The summed E-state index contributed by atoms with van der Waals surface area (Å²) in [6.07, 6.45) is 5.60. The van der Waals surface area contributed by atoms with E-state index in [4.69, 9.17) is 5.73 Å². The van der Waals surface area contributed by atoms with Gasteiger partial charge < -0.3 is 21.3 Å². The minimum absolute atomic E-state index is 0.260. The summed E-state index contributed by atoms with van der Waals surface area (Å²) in [5.74, 6) is 0.948. The van der Waals surface area contributed by atoms with Crippen molar-refractivity contribution in [1.82, 2.24) is 5.32 Å². The number of aliphatic hydroxyl groups is 2. The minimum Gasteiger partial charge on any atom is -0.390 e. The fourth-order valence-electron chi connectivity index (χ4n) is 4.57. The Morgan fingerprint density at radius 1 is 1.20 bits per heavy atom. The highest BCUT2D eigenvalue weighted by Gasteiger charge is 2.33. The molecule has 2 rings (SSSR count). The zero-order chi connectivity index (χ0) is 22.1. The van der Waals surface area contributed by atoms with Crippen molar-refractivity contribution in [3.8, 4) is 0 Å². The molecular formula is C25H40N2O3. The molecule has 0 saturated heterocycles. The molecule has 4 atom stereocenters. The number of carbonyl (C=O) groups is 1. The lowest BCUT2D eigenvalue weighted by atomic mass is 9.76. The number of nitrogens with two attached hydrogens (primary N) is 1. The van der Waals surface area contributed by atoms with Crippen LogP contribution in [0.4, 0.5) is 0 Å². The zero-order valence-corrected chi connectivity index (χ0v) is 18.5. The molecule has 0 aromatic heterocycles. The van der Waals surface area contributed by atoms with Gasteiger partial charge in [-0.15, -0.1) is 6.58 Å². The Kier molecular flexibility index (Phi) is 10.0. The molecule has 0 aliphatic heterocycles. The molecule has 1 aromatic rings. The molecule has 30 heavy (non-hydrogen) atoms. The number of amides is 1. The van der Waals surface area contributed by atoms with Gasteiger partial charge in [-0.05, 0) is 68.3 Å². The van der Waals surface area contributed by atoms with Gasteiger partial charge in [-0.25, -0.2) is 0 Å². The predicted octanol–water partition coefficient (Wildman–Crippen LogP) is 3.51. The average Bonchev–Trinajstić information content (AvgIpc) is 2.73. The highest BCUT2D eigenvalue weighted by atomic mass is 16.3. The fourth-order valence-corrected chi connectivity index (χ4v) is 4.57. The van der Waals surface area contributed by atoms with Crippen molar-refractivity contribution < 1.29 is 15.0 Å². The number of carbonyl (C=O) groups excluding carboxylic acids is 1. The Balaban J connectivity index is 1.99. The summed E-state index contributed by atoms with van der Waals surface area (Å²) in [5, 5.41) is 24.2. The standard InChI is InChI=1S/C25H40N2O3/c1-4-8-21(26)25(30)27-22(24(29)23(28)15-17(2)3)16-18-11-13-20(14-12-18)19-9-6-5-7-10-19/h4-7,9-10,17-18,20-24,28-29H,1,8,11-16,26H2,2-3H3,(H,27,30)/t18?,20?,21-,22-,23-,24+/m0/s1. The number of aliphatic hydroxyl groups excluding tert-OH is 2. The zero-order valence-electron chi connectivity index (χ0n) is 18.5. The fraction of sp³-hybridized carbons (Fsp3) is 0.640. The van der Waals surface area contributed by atoms with Gasteiger partial charge in [0.2, 0.25) is 5.91 Å². The van der Waals surface area contributed by atoms with Crippen LogP contribution < -0.4 is 11.1 Å². The van der Waals surface area contributed by atoms with Gasteiger partial charge in [0, 0.05) is 0 Å². The van der Waals surface area contributed by atoms with Crippen molar-refractivity contribution in [3.05, 3.63) is 48.6 Å². The summed E-state index contributed by atoms with van der Waals surface area (Å²) in [6, 6.07) is 9.43. The molecule has 1 amide bonds. The van der Waals surface area contributed by atoms with Gasteiger partial charge in [0.25, 0.3) is 0 Å². The first-order valence-electron chi connectivity index (χ1n) is 11.4. The van der Waals surface area contributed by atoms with Crippen molar-refractivity contribution >= 4 is 5.91 Å². The molecule has 1 aromatic carbocycles. The quantitative estimate of drug-likeness (QED) is 0.415. The van der Waals surface area contributed by atoms with Gasteiger partial charge in [-0.3, -0.25) is 4.79 Å². The SMILES string of the molecule is C=CC[C@H](N)C(=O)N[C@@H](CC1CCC(c2ccccc2)CC1)[C@@H](O)[C@@H](O)CC(C)C. The third-order valence-electron chi connectivity index (χ3n) is 6.31. The van der Waals surface area contributed by atoms with E-state index in [2.05, 4.69) is 36.2 Å². The van der Waals surface area contributed by atoms with Crippen LogP contribution in [0.2, 0.25) is 0 Å². The summed E-state index contributed by atoms with van der Waals surface area (Å²) in [5.41, 5.74) is 7.31. The number of rotatable bonds is 11. The second kappa shape index (κ2) is 12.2. The van der Waals surface area contributed by atoms with Crippen molar-refractivity contribution in [2.75, 3.05) is 0 Å². The average molecular weight is 417 g/mol. The molecule has 0 radical (unpaired) electrons. The van der Waals surface area contributed by atoms with E-state index in [1.165, 1.54) is 5.56 Å². The largest absolute Gasteiger partial charge is 0.390 e. The van der Waals surface area contributed by atoms with Crippen LogP contribution in [0, 0.1) is 11.8 Å². The molecule has 5 N–H and O–H groups in total. The van der Waals surface area contributed by atoms with Crippen LogP contribution in [0.25, 0.3) is 0 Å². The second-order valence-electron chi connectivity index (χ2n) is 9.30. The topological polar surface area (TPSA) is 95.6 Å². The Labute approximate surface area is 181 Å². The van der Waals surface area contributed by atoms with E-state index >= 15 is 0 Å². The van der Waals surface area contributed by atoms with E-state index < -0.39 is 24.3 Å². The minimum atomic E-state index is -1.00. The molecule has 5 heteroatoms. The van der Waals surface area contributed by atoms with Crippen molar-refractivity contribution in [2.45, 2.75) is 89.0 Å². The lowest BCUT2D eigenvalue weighted by Gasteiger charge is -2.35. The van der Waals surface area contributed by atoms with E-state index in [-0.39, 0.29) is 11.8 Å². The van der Waals surface area contributed by atoms with Gasteiger partial charge in [0.15, 0.2) is 0 Å². The first kappa shape index (κ1) is 24.6. The lowest BCUT2D eigenvalue weighted by molar-refractivity contribution is -0.125. The van der Waals surface area contributed by atoms with Crippen LogP contribution >= 0.6 is 0 Å². The predicted molar refractivity (Wildman–Crippen MR) is 122 cm³/mol. The molecule has 0 heterocycles. The van der Waals surface area contributed by atoms with E-state index in [0.717, 1.165) is 25.7 Å². The lowest BCUT2D eigenvalue weighted by Crippen LogP contribution is -2.53. The maximum atomic E-state index is 12.5.